The molecule has 1 aliphatic carbocycles. The molecule has 3 aromatic carbocycles. The van der Waals surface area contributed by atoms with E-state index in [-0.39, 0.29) is 12.5 Å². The van der Waals surface area contributed by atoms with Gasteiger partial charge >= 0.3 is 12.1 Å². The van der Waals surface area contributed by atoms with Gasteiger partial charge in [0.2, 0.25) is 0 Å². The van der Waals surface area contributed by atoms with Crippen molar-refractivity contribution in [2.24, 2.45) is 0 Å². The van der Waals surface area contributed by atoms with Gasteiger partial charge in [0.1, 0.15) is 12.6 Å². The molecule has 0 heterocycles. The fraction of sp³-hybridized carbons (Fsp3) is 0.231. The van der Waals surface area contributed by atoms with Crippen LogP contribution in [-0.4, -0.2) is 31.8 Å². The fourth-order valence-electron chi connectivity index (χ4n) is 4.19. The minimum atomic E-state index is -0.817. The van der Waals surface area contributed by atoms with Crippen LogP contribution in [0.25, 0.3) is 11.1 Å². The first-order chi connectivity index (χ1) is 15.1. The first-order valence-corrected chi connectivity index (χ1v) is 10.3. The second-order valence-corrected chi connectivity index (χ2v) is 7.74. The molecule has 0 spiro atoms. The summed E-state index contributed by atoms with van der Waals surface area (Å²) in [5.74, 6) is -0.540. The topological polar surface area (TPSA) is 64.6 Å². The van der Waals surface area contributed by atoms with Crippen LogP contribution in [0.15, 0.2) is 72.8 Å². The van der Waals surface area contributed by atoms with E-state index >= 15 is 0 Å². The maximum Gasteiger partial charge on any atom is 0.407 e. The van der Waals surface area contributed by atoms with E-state index in [2.05, 4.69) is 29.6 Å². The summed E-state index contributed by atoms with van der Waals surface area (Å²) in [6.45, 7) is 2.17. The molecule has 0 aliphatic heterocycles. The van der Waals surface area contributed by atoms with Gasteiger partial charge in [-0.1, -0.05) is 78.4 Å². The molecule has 3 aromatic rings. The molecule has 0 bridgehead atoms. The normalized spacial score (nSPS) is 13.1. The first kappa shape index (κ1) is 20.7. The third-order valence-corrected chi connectivity index (χ3v) is 5.64. The molecule has 0 fully saturated rings. The highest BCUT2D eigenvalue weighted by Crippen LogP contribution is 2.44. The van der Waals surface area contributed by atoms with Crippen LogP contribution < -0.4 is 5.32 Å². The van der Waals surface area contributed by atoms with Crippen molar-refractivity contribution in [1.82, 2.24) is 5.32 Å². The minimum Gasteiger partial charge on any atom is -0.467 e. The number of carbonyl (C=O) groups excluding carboxylic acids is 2. The molecule has 0 saturated heterocycles. The van der Waals surface area contributed by atoms with E-state index in [0.717, 1.165) is 22.3 Å². The third-order valence-electron chi connectivity index (χ3n) is 5.64. The Morgan fingerprint density at radius 3 is 2.19 bits per heavy atom. The van der Waals surface area contributed by atoms with Gasteiger partial charge < -0.3 is 14.8 Å². The van der Waals surface area contributed by atoms with Gasteiger partial charge in [0.15, 0.2) is 0 Å². The van der Waals surface area contributed by atoms with Crippen LogP contribution in [-0.2, 0) is 20.7 Å². The van der Waals surface area contributed by atoms with Crippen LogP contribution in [0.4, 0.5) is 4.79 Å². The van der Waals surface area contributed by atoms with Gasteiger partial charge in [0.25, 0.3) is 0 Å². The number of fused-ring (bicyclic) bond motifs is 3. The Morgan fingerprint density at radius 2 is 1.58 bits per heavy atom. The standard InChI is InChI=1S/C26H25NO4/c1-17-8-7-9-18(14-17)15-24(25(28)30-2)27-26(29)31-16-23-21-12-5-3-10-19(21)20-11-4-6-13-22(20)23/h3-14,23-24H,15-16H2,1-2H3,(H,27,29)/t24-/m0/s1. The van der Waals surface area contributed by atoms with Crippen molar-refractivity contribution in [3.8, 4) is 11.1 Å². The van der Waals surface area contributed by atoms with Crippen molar-refractivity contribution in [2.75, 3.05) is 13.7 Å². The van der Waals surface area contributed by atoms with Crippen LogP contribution in [0.3, 0.4) is 0 Å². The smallest absolute Gasteiger partial charge is 0.407 e. The Balaban J connectivity index is 1.45. The number of amides is 1. The van der Waals surface area contributed by atoms with Crippen molar-refractivity contribution < 1.29 is 19.1 Å². The summed E-state index contributed by atoms with van der Waals surface area (Å²) in [6, 6.07) is 23.3. The predicted molar refractivity (Wildman–Crippen MR) is 119 cm³/mol. The first-order valence-electron chi connectivity index (χ1n) is 10.3. The number of nitrogens with one attached hydrogen (secondary N) is 1. The highest BCUT2D eigenvalue weighted by Gasteiger charge is 2.30. The van der Waals surface area contributed by atoms with Crippen LogP contribution in [0.2, 0.25) is 0 Å². The molecule has 158 valence electrons. The van der Waals surface area contributed by atoms with Crippen LogP contribution in [0, 0.1) is 6.92 Å². The summed E-state index contributed by atoms with van der Waals surface area (Å²) in [6.07, 6.45) is -0.302. The van der Waals surface area contributed by atoms with Crippen LogP contribution in [0.5, 0.6) is 0 Å². The number of esters is 1. The minimum absolute atomic E-state index is 0.0356. The number of aryl methyl sites for hydroxylation is 1. The molecule has 1 N–H and O–H groups in total. The van der Waals surface area contributed by atoms with E-state index in [1.165, 1.54) is 18.2 Å². The van der Waals surface area contributed by atoms with Gasteiger partial charge in [0.05, 0.1) is 7.11 Å². The molecule has 0 saturated carbocycles. The predicted octanol–water partition coefficient (Wildman–Crippen LogP) is 4.62. The van der Waals surface area contributed by atoms with Crippen molar-refractivity contribution in [3.63, 3.8) is 0 Å². The van der Waals surface area contributed by atoms with E-state index < -0.39 is 18.1 Å². The molecule has 1 aliphatic rings. The summed E-state index contributed by atoms with van der Waals surface area (Å²) in [5.41, 5.74) is 6.64. The highest BCUT2D eigenvalue weighted by atomic mass is 16.6. The zero-order valence-electron chi connectivity index (χ0n) is 17.6. The Labute approximate surface area is 182 Å². The number of benzene rings is 3. The van der Waals surface area contributed by atoms with E-state index in [1.54, 1.807) is 0 Å². The van der Waals surface area contributed by atoms with E-state index in [9.17, 15) is 9.59 Å². The Hall–Kier alpha value is -3.60. The quantitative estimate of drug-likeness (QED) is 0.597. The molecule has 1 amide bonds. The zero-order valence-corrected chi connectivity index (χ0v) is 17.6. The molecular weight excluding hydrogens is 390 g/mol. The third kappa shape index (κ3) is 4.45. The van der Waals surface area contributed by atoms with Gasteiger partial charge in [-0.2, -0.15) is 0 Å². The van der Waals surface area contributed by atoms with Gasteiger partial charge in [-0.25, -0.2) is 9.59 Å². The van der Waals surface area contributed by atoms with Crippen molar-refractivity contribution >= 4 is 12.1 Å². The molecule has 0 unspecified atom stereocenters. The molecule has 5 nitrogen and oxygen atoms in total. The van der Waals surface area contributed by atoms with Crippen LogP contribution in [0.1, 0.15) is 28.2 Å². The lowest BCUT2D eigenvalue weighted by molar-refractivity contribution is -0.143. The lowest BCUT2D eigenvalue weighted by Gasteiger charge is -2.18. The molecular formula is C26H25NO4. The Kier molecular flexibility index (Phi) is 6.03. The van der Waals surface area contributed by atoms with E-state index in [1.807, 2.05) is 55.5 Å². The summed E-state index contributed by atoms with van der Waals surface area (Å²) in [5, 5.41) is 2.67. The number of alkyl carbamates (subject to hydrolysis) is 1. The SMILES string of the molecule is COC(=O)[C@H](Cc1cccc(C)c1)NC(=O)OCC1c2ccccc2-c2ccccc21. The maximum atomic E-state index is 12.6. The fourth-order valence-corrected chi connectivity index (χ4v) is 4.19. The lowest BCUT2D eigenvalue weighted by atomic mass is 9.98. The Bertz CT molecular complexity index is 1060. The van der Waals surface area contributed by atoms with Crippen molar-refractivity contribution in [1.29, 1.82) is 0 Å². The number of ether oxygens (including phenoxy) is 2. The summed E-state index contributed by atoms with van der Waals surface area (Å²) in [4.78, 5) is 24.8. The summed E-state index contributed by atoms with van der Waals surface area (Å²) in [7, 11) is 1.31. The summed E-state index contributed by atoms with van der Waals surface area (Å²) < 4.78 is 10.4. The van der Waals surface area contributed by atoms with Crippen molar-refractivity contribution in [2.45, 2.75) is 25.3 Å². The average molecular weight is 415 g/mol. The number of carbonyl (C=O) groups is 2. The second kappa shape index (κ2) is 9.04. The molecule has 0 aromatic heterocycles. The van der Waals surface area contributed by atoms with Gasteiger partial charge in [-0.3, -0.25) is 0 Å². The number of hydrogen-bond acceptors (Lipinski definition) is 4. The van der Waals surface area contributed by atoms with Crippen molar-refractivity contribution in [3.05, 3.63) is 95.1 Å². The Morgan fingerprint density at radius 1 is 0.935 bits per heavy atom. The number of hydrogen-bond donors (Lipinski definition) is 1. The molecule has 31 heavy (non-hydrogen) atoms. The van der Waals surface area contributed by atoms with E-state index in [4.69, 9.17) is 9.47 Å². The number of methoxy groups -OCH3 is 1. The molecule has 1 atom stereocenters. The maximum absolute atomic E-state index is 12.6. The van der Waals surface area contributed by atoms with Gasteiger partial charge in [-0.15, -0.1) is 0 Å². The molecule has 0 radical (unpaired) electrons. The van der Waals surface area contributed by atoms with Gasteiger partial charge in [0, 0.05) is 12.3 Å². The lowest BCUT2D eigenvalue weighted by Crippen LogP contribution is -2.43. The van der Waals surface area contributed by atoms with E-state index in [0.29, 0.717) is 6.42 Å². The van der Waals surface area contributed by atoms with Gasteiger partial charge in [-0.05, 0) is 34.7 Å². The second-order valence-electron chi connectivity index (χ2n) is 7.74. The highest BCUT2D eigenvalue weighted by molar-refractivity contribution is 5.82. The molecule has 4 rings (SSSR count). The monoisotopic (exact) mass is 415 g/mol. The zero-order chi connectivity index (χ0) is 21.8. The number of rotatable bonds is 6. The summed E-state index contributed by atoms with van der Waals surface area (Å²) >= 11 is 0. The molecule has 5 heteroatoms. The largest absolute Gasteiger partial charge is 0.467 e. The average Bonchev–Trinajstić information content (AvgIpc) is 3.10. The van der Waals surface area contributed by atoms with Crippen LogP contribution >= 0.6 is 0 Å².